The van der Waals surface area contributed by atoms with E-state index in [4.69, 9.17) is 0 Å². The zero-order chi connectivity index (χ0) is 14.5. The topological polar surface area (TPSA) is 82.3 Å². The molecule has 0 N–H and O–H groups in total. The number of non-ortho nitro benzene ring substituents is 1. The van der Waals surface area contributed by atoms with Crippen LogP contribution in [0.1, 0.15) is 10.4 Å². The lowest BCUT2D eigenvalue weighted by atomic mass is 10.2. The molecule has 0 aliphatic carbocycles. The van der Waals surface area contributed by atoms with Crippen LogP contribution in [0, 0.1) is 10.1 Å². The van der Waals surface area contributed by atoms with Crippen LogP contribution < -0.4 is 0 Å². The van der Waals surface area contributed by atoms with Gasteiger partial charge in [-0.2, -0.15) is 0 Å². The van der Waals surface area contributed by atoms with Gasteiger partial charge in [0.05, 0.1) is 17.6 Å². The van der Waals surface area contributed by atoms with Crippen molar-refractivity contribution in [1.29, 1.82) is 0 Å². The Hall–Kier alpha value is -2.41. The summed E-state index contributed by atoms with van der Waals surface area (Å²) in [7, 11) is 1.24. The lowest BCUT2D eigenvalue weighted by Gasteiger charge is -2.07. The predicted octanol–water partition coefficient (Wildman–Crippen LogP) is 2.93. The number of benzene rings is 1. The number of methoxy groups -OCH3 is 1. The standard InChI is InChI=1S/C13H10N2O4S/c1-19-13(16)11-8-9(15(17)18)2-3-12(11)20-10-4-6-14-7-5-10/h2-8H,1H3. The molecule has 0 unspecified atom stereocenters. The van der Waals surface area contributed by atoms with Crippen LogP contribution in [0.15, 0.2) is 52.5 Å². The van der Waals surface area contributed by atoms with E-state index in [1.54, 1.807) is 24.5 Å². The largest absolute Gasteiger partial charge is 0.465 e. The van der Waals surface area contributed by atoms with Gasteiger partial charge in [0.1, 0.15) is 0 Å². The molecule has 1 aromatic heterocycles. The van der Waals surface area contributed by atoms with Crippen molar-refractivity contribution in [2.45, 2.75) is 9.79 Å². The number of aromatic nitrogens is 1. The second-order valence-electron chi connectivity index (χ2n) is 3.71. The summed E-state index contributed by atoms with van der Waals surface area (Å²) >= 11 is 1.31. The number of nitro benzene ring substituents is 1. The van der Waals surface area contributed by atoms with E-state index in [2.05, 4.69) is 9.72 Å². The maximum absolute atomic E-state index is 11.7. The maximum atomic E-state index is 11.7. The third-order valence-corrected chi connectivity index (χ3v) is 3.54. The monoisotopic (exact) mass is 290 g/mol. The highest BCUT2D eigenvalue weighted by Crippen LogP contribution is 2.32. The molecule has 2 rings (SSSR count). The molecule has 102 valence electrons. The zero-order valence-corrected chi connectivity index (χ0v) is 11.3. The first kappa shape index (κ1) is 14.0. The molecule has 7 heteroatoms. The molecular weight excluding hydrogens is 280 g/mol. The number of hydrogen-bond acceptors (Lipinski definition) is 6. The fraction of sp³-hybridized carbons (Fsp3) is 0.0769. The fourth-order valence-electron chi connectivity index (χ4n) is 1.52. The van der Waals surface area contributed by atoms with E-state index in [-0.39, 0.29) is 11.3 Å². The predicted molar refractivity (Wildman–Crippen MR) is 72.8 cm³/mol. The van der Waals surface area contributed by atoms with Crippen LogP contribution in [0.4, 0.5) is 5.69 Å². The van der Waals surface area contributed by atoms with Crippen LogP contribution in [-0.4, -0.2) is 23.0 Å². The van der Waals surface area contributed by atoms with Crippen molar-refractivity contribution >= 4 is 23.4 Å². The van der Waals surface area contributed by atoms with Gasteiger partial charge in [-0.3, -0.25) is 15.1 Å². The molecule has 0 saturated carbocycles. The summed E-state index contributed by atoms with van der Waals surface area (Å²) in [6.45, 7) is 0. The lowest BCUT2D eigenvalue weighted by molar-refractivity contribution is -0.384. The third-order valence-electron chi connectivity index (χ3n) is 2.46. The summed E-state index contributed by atoms with van der Waals surface area (Å²) < 4.78 is 4.66. The lowest BCUT2D eigenvalue weighted by Crippen LogP contribution is -2.04. The van der Waals surface area contributed by atoms with Crippen molar-refractivity contribution in [2.24, 2.45) is 0 Å². The van der Waals surface area contributed by atoms with Crippen molar-refractivity contribution in [1.82, 2.24) is 4.98 Å². The molecule has 1 aromatic carbocycles. The van der Waals surface area contributed by atoms with Gasteiger partial charge in [-0.1, -0.05) is 11.8 Å². The SMILES string of the molecule is COC(=O)c1cc([N+](=O)[O-])ccc1Sc1ccncc1. The molecule has 0 atom stereocenters. The smallest absolute Gasteiger partial charge is 0.339 e. The minimum atomic E-state index is -0.606. The summed E-state index contributed by atoms with van der Waals surface area (Å²) in [5.74, 6) is -0.606. The zero-order valence-electron chi connectivity index (χ0n) is 10.5. The second kappa shape index (κ2) is 6.16. The minimum absolute atomic E-state index is 0.149. The number of pyridine rings is 1. The van der Waals surface area contributed by atoms with Gasteiger partial charge in [0.2, 0.25) is 0 Å². The van der Waals surface area contributed by atoms with Gasteiger partial charge in [0.25, 0.3) is 5.69 Å². The van der Waals surface area contributed by atoms with Crippen molar-refractivity contribution in [3.8, 4) is 0 Å². The molecule has 2 aromatic rings. The molecule has 20 heavy (non-hydrogen) atoms. The van der Waals surface area contributed by atoms with Gasteiger partial charge in [0, 0.05) is 34.3 Å². The Morgan fingerprint density at radius 3 is 2.60 bits per heavy atom. The summed E-state index contributed by atoms with van der Waals surface area (Å²) in [4.78, 5) is 27.3. The third kappa shape index (κ3) is 3.12. The summed E-state index contributed by atoms with van der Waals surface area (Å²) in [5.41, 5.74) is 0.0213. The Morgan fingerprint density at radius 2 is 2.00 bits per heavy atom. The number of rotatable bonds is 4. The van der Waals surface area contributed by atoms with Crippen LogP contribution in [-0.2, 0) is 4.74 Å². The second-order valence-corrected chi connectivity index (χ2v) is 4.83. The summed E-state index contributed by atoms with van der Waals surface area (Å²) in [5, 5.41) is 10.8. The van der Waals surface area contributed by atoms with E-state index in [1.165, 1.54) is 37.1 Å². The van der Waals surface area contributed by atoms with Gasteiger partial charge in [0.15, 0.2) is 0 Å². The first-order valence-corrected chi connectivity index (χ1v) is 6.38. The van der Waals surface area contributed by atoms with E-state index in [9.17, 15) is 14.9 Å². The van der Waals surface area contributed by atoms with Crippen LogP contribution in [0.25, 0.3) is 0 Å². The van der Waals surface area contributed by atoms with Gasteiger partial charge in [-0.15, -0.1) is 0 Å². The Balaban J connectivity index is 2.41. The molecule has 0 radical (unpaired) electrons. The van der Waals surface area contributed by atoms with Crippen LogP contribution in [0.2, 0.25) is 0 Å². The molecule has 0 aliphatic heterocycles. The number of carbonyl (C=O) groups excluding carboxylic acids is 1. The highest BCUT2D eigenvalue weighted by atomic mass is 32.2. The van der Waals surface area contributed by atoms with Crippen molar-refractivity contribution in [3.63, 3.8) is 0 Å². The van der Waals surface area contributed by atoms with Gasteiger partial charge in [-0.05, 0) is 18.2 Å². The minimum Gasteiger partial charge on any atom is -0.465 e. The molecule has 0 bridgehead atoms. The van der Waals surface area contributed by atoms with Gasteiger partial charge < -0.3 is 4.74 Å². The number of esters is 1. The molecular formula is C13H10N2O4S. The molecule has 6 nitrogen and oxygen atoms in total. The molecule has 0 saturated heterocycles. The van der Waals surface area contributed by atoms with Crippen molar-refractivity contribution in [2.75, 3.05) is 7.11 Å². The van der Waals surface area contributed by atoms with E-state index in [0.717, 1.165) is 4.90 Å². The molecule has 1 heterocycles. The number of hydrogen-bond donors (Lipinski definition) is 0. The first-order chi connectivity index (χ1) is 9.61. The number of nitro groups is 1. The van der Waals surface area contributed by atoms with Crippen LogP contribution >= 0.6 is 11.8 Å². The quantitative estimate of drug-likeness (QED) is 0.489. The molecule has 0 spiro atoms. The van der Waals surface area contributed by atoms with E-state index in [1.807, 2.05) is 0 Å². The fourth-order valence-corrected chi connectivity index (χ4v) is 2.42. The van der Waals surface area contributed by atoms with Crippen molar-refractivity contribution < 1.29 is 14.5 Å². The Morgan fingerprint density at radius 1 is 1.30 bits per heavy atom. The Labute approximate surface area is 118 Å². The highest BCUT2D eigenvalue weighted by Gasteiger charge is 2.17. The Kier molecular flexibility index (Phi) is 4.31. The average Bonchev–Trinajstić information content (AvgIpc) is 2.47. The van der Waals surface area contributed by atoms with Crippen LogP contribution in [0.5, 0.6) is 0 Å². The number of carbonyl (C=O) groups is 1. The van der Waals surface area contributed by atoms with Gasteiger partial charge >= 0.3 is 5.97 Å². The number of ether oxygens (including phenoxy) is 1. The first-order valence-electron chi connectivity index (χ1n) is 5.56. The molecule has 0 amide bonds. The highest BCUT2D eigenvalue weighted by molar-refractivity contribution is 7.99. The number of nitrogens with zero attached hydrogens (tertiary/aromatic N) is 2. The van der Waals surface area contributed by atoms with E-state index < -0.39 is 10.9 Å². The molecule has 0 aliphatic rings. The molecule has 0 fully saturated rings. The summed E-state index contributed by atoms with van der Waals surface area (Å²) in [6.07, 6.45) is 3.26. The normalized spacial score (nSPS) is 10.1. The summed E-state index contributed by atoms with van der Waals surface area (Å²) in [6, 6.07) is 7.68. The van der Waals surface area contributed by atoms with Gasteiger partial charge in [-0.25, -0.2) is 4.79 Å². The van der Waals surface area contributed by atoms with Crippen molar-refractivity contribution in [3.05, 3.63) is 58.4 Å². The van der Waals surface area contributed by atoms with E-state index in [0.29, 0.717) is 4.90 Å². The van der Waals surface area contributed by atoms with Crippen LogP contribution in [0.3, 0.4) is 0 Å². The average molecular weight is 290 g/mol. The maximum Gasteiger partial charge on any atom is 0.339 e. The Bertz CT molecular complexity index is 646. The van der Waals surface area contributed by atoms with E-state index >= 15 is 0 Å².